The minimum absolute atomic E-state index is 0.217. The number of amides is 1. The number of halogens is 1. The van der Waals surface area contributed by atoms with E-state index in [2.05, 4.69) is 27.7 Å². The molecule has 3 aromatic rings. The average molecular weight is 419 g/mol. The molecule has 0 saturated heterocycles. The Hall–Kier alpha value is -2.88. The van der Waals surface area contributed by atoms with Crippen LogP contribution < -0.4 is 0 Å². The first kappa shape index (κ1) is 21.4. The van der Waals surface area contributed by atoms with Gasteiger partial charge in [0.05, 0.1) is 6.54 Å². The topological polar surface area (TPSA) is 25.2 Å². The molecule has 1 aromatic heterocycles. The zero-order valence-electron chi connectivity index (χ0n) is 18.1. The Balaban J connectivity index is 1.48. The number of carbonyl (C=O) groups is 1. The van der Waals surface area contributed by atoms with Gasteiger partial charge in [-0.05, 0) is 54.7 Å². The van der Waals surface area contributed by atoms with Crippen molar-refractivity contribution in [2.75, 3.05) is 0 Å². The van der Waals surface area contributed by atoms with Crippen molar-refractivity contribution in [1.29, 1.82) is 0 Å². The second kappa shape index (κ2) is 10.4. The summed E-state index contributed by atoms with van der Waals surface area (Å²) in [6, 6.07) is 21.4. The summed E-state index contributed by atoms with van der Waals surface area (Å²) in [5.41, 5.74) is 3.23. The van der Waals surface area contributed by atoms with Crippen LogP contribution in [-0.2, 0) is 24.3 Å². The van der Waals surface area contributed by atoms with Crippen molar-refractivity contribution in [3.63, 3.8) is 0 Å². The maximum atomic E-state index is 13.6. The van der Waals surface area contributed by atoms with Gasteiger partial charge in [-0.1, -0.05) is 61.7 Å². The lowest BCUT2D eigenvalue weighted by molar-refractivity contribution is -0.135. The Labute approximate surface area is 184 Å². The van der Waals surface area contributed by atoms with Gasteiger partial charge in [0.15, 0.2) is 0 Å². The Kier molecular flexibility index (Phi) is 7.18. The van der Waals surface area contributed by atoms with Crippen molar-refractivity contribution in [1.82, 2.24) is 9.47 Å². The molecule has 4 rings (SSSR count). The summed E-state index contributed by atoms with van der Waals surface area (Å²) in [5.74, 6) is 0.0142. The maximum Gasteiger partial charge on any atom is 0.223 e. The number of hydrogen-bond donors (Lipinski definition) is 0. The minimum atomic E-state index is -0.217. The number of aryl methyl sites for hydroxylation is 1. The van der Waals surface area contributed by atoms with Crippen molar-refractivity contribution >= 4 is 5.91 Å². The van der Waals surface area contributed by atoms with Crippen molar-refractivity contribution in [2.24, 2.45) is 0 Å². The summed E-state index contributed by atoms with van der Waals surface area (Å²) >= 11 is 0. The van der Waals surface area contributed by atoms with E-state index in [1.54, 1.807) is 12.1 Å². The SMILES string of the molecule is O=C(CCc1ccccc1)N(Cc1cccn1Cc1cccc(F)c1)C1CCCCC1. The molecule has 162 valence electrons. The molecule has 4 heteroatoms. The third kappa shape index (κ3) is 5.84. The highest BCUT2D eigenvalue weighted by molar-refractivity contribution is 5.76. The van der Waals surface area contributed by atoms with Crippen molar-refractivity contribution in [3.8, 4) is 0 Å². The minimum Gasteiger partial charge on any atom is -0.345 e. The molecule has 1 aliphatic carbocycles. The van der Waals surface area contributed by atoms with Gasteiger partial charge in [-0.25, -0.2) is 4.39 Å². The van der Waals surface area contributed by atoms with Gasteiger partial charge in [0.2, 0.25) is 5.91 Å². The van der Waals surface area contributed by atoms with E-state index < -0.39 is 0 Å². The number of benzene rings is 2. The lowest BCUT2D eigenvalue weighted by Crippen LogP contribution is -2.41. The summed E-state index contributed by atoms with van der Waals surface area (Å²) in [6.45, 7) is 1.22. The first-order valence-electron chi connectivity index (χ1n) is 11.4. The molecular formula is C27H31FN2O. The zero-order chi connectivity index (χ0) is 21.5. The summed E-state index contributed by atoms with van der Waals surface area (Å²) < 4.78 is 15.8. The smallest absolute Gasteiger partial charge is 0.223 e. The van der Waals surface area contributed by atoms with Crippen LogP contribution in [0.2, 0.25) is 0 Å². The highest BCUT2D eigenvalue weighted by Crippen LogP contribution is 2.25. The van der Waals surface area contributed by atoms with Crippen molar-refractivity contribution in [2.45, 2.75) is 64.1 Å². The molecule has 1 aliphatic rings. The largest absolute Gasteiger partial charge is 0.345 e. The average Bonchev–Trinajstić information content (AvgIpc) is 3.23. The van der Waals surface area contributed by atoms with E-state index in [0.29, 0.717) is 25.6 Å². The van der Waals surface area contributed by atoms with Gasteiger partial charge in [-0.3, -0.25) is 4.79 Å². The number of aromatic nitrogens is 1. The number of nitrogens with zero attached hydrogens (tertiary/aromatic N) is 2. The van der Waals surface area contributed by atoms with E-state index in [0.717, 1.165) is 30.5 Å². The number of rotatable bonds is 8. The molecule has 0 N–H and O–H groups in total. The summed E-state index contributed by atoms with van der Waals surface area (Å²) in [7, 11) is 0. The van der Waals surface area contributed by atoms with E-state index in [-0.39, 0.29) is 11.7 Å². The molecule has 31 heavy (non-hydrogen) atoms. The normalized spacial score (nSPS) is 14.5. The Bertz CT molecular complexity index is 976. The van der Waals surface area contributed by atoms with Crippen molar-refractivity contribution < 1.29 is 9.18 Å². The van der Waals surface area contributed by atoms with Crippen LogP contribution in [0.4, 0.5) is 4.39 Å². The van der Waals surface area contributed by atoms with Crippen LogP contribution in [0.5, 0.6) is 0 Å². The Morgan fingerprint density at radius 3 is 2.48 bits per heavy atom. The van der Waals surface area contributed by atoms with E-state index in [9.17, 15) is 9.18 Å². The van der Waals surface area contributed by atoms with Gasteiger partial charge >= 0.3 is 0 Å². The van der Waals surface area contributed by atoms with Crippen LogP contribution in [0, 0.1) is 5.82 Å². The van der Waals surface area contributed by atoms with E-state index in [1.165, 1.54) is 30.9 Å². The number of carbonyl (C=O) groups excluding carboxylic acids is 1. The van der Waals surface area contributed by atoms with Crippen LogP contribution in [0.15, 0.2) is 72.9 Å². The summed E-state index contributed by atoms with van der Waals surface area (Å²) in [4.78, 5) is 15.4. The fourth-order valence-corrected chi connectivity index (χ4v) is 4.61. The second-order valence-corrected chi connectivity index (χ2v) is 8.56. The first-order chi connectivity index (χ1) is 15.2. The lowest BCUT2D eigenvalue weighted by atomic mass is 9.93. The summed E-state index contributed by atoms with van der Waals surface area (Å²) in [5, 5.41) is 0. The molecule has 2 aromatic carbocycles. The standard InChI is InChI=1S/C27H31FN2O/c28-24-12-7-11-23(19-24)20-29-18-8-15-26(29)21-30(25-13-5-2-6-14-25)27(31)17-16-22-9-3-1-4-10-22/h1,3-4,7-12,15,18-19,25H,2,5-6,13-14,16-17,20-21H2. The molecule has 1 fully saturated rings. The molecule has 0 unspecified atom stereocenters. The Morgan fingerprint density at radius 2 is 1.71 bits per heavy atom. The fourth-order valence-electron chi connectivity index (χ4n) is 4.61. The third-order valence-corrected chi connectivity index (χ3v) is 6.30. The van der Waals surface area contributed by atoms with Gasteiger partial charge in [0, 0.05) is 30.9 Å². The lowest BCUT2D eigenvalue weighted by Gasteiger charge is -2.35. The molecule has 0 bridgehead atoms. The van der Waals surface area contributed by atoms with E-state index in [4.69, 9.17) is 0 Å². The monoisotopic (exact) mass is 418 g/mol. The third-order valence-electron chi connectivity index (χ3n) is 6.30. The highest BCUT2D eigenvalue weighted by atomic mass is 19.1. The maximum absolute atomic E-state index is 13.6. The van der Waals surface area contributed by atoms with Crippen LogP contribution in [-0.4, -0.2) is 21.4 Å². The molecule has 0 spiro atoms. The predicted molar refractivity (Wildman–Crippen MR) is 122 cm³/mol. The van der Waals surface area contributed by atoms with E-state index >= 15 is 0 Å². The fraction of sp³-hybridized carbons (Fsp3) is 0.370. The summed E-state index contributed by atoms with van der Waals surface area (Å²) in [6.07, 6.45) is 9.14. The zero-order valence-corrected chi connectivity index (χ0v) is 18.1. The van der Waals surface area contributed by atoms with Crippen LogP contribution >= 0.6 is 0 Å². The van der Waals surface area contributed by atoms with Gasteiger partial charge in [0.1, 0.15) is 5.82 Å². The van der Waals surface area contributed by atoms with Gasteiger partial charge < -0.3 is 9.47 Å². The second-order valence-electron chi connectivity index (χ2n) is 8.56. The van der Waals surface area contributed by atoms with Crippen molar-refractivity contribution in [3.05, 3.63) is 95.6 Å². The molecule has 1 saturated carbocycles. The number of hydrogen-bond acceptors (Lipinski definition) is 1. The first-order valence-corrected chi connectivity index (χ1v) is 11.4. The van der Waals surface area contributed by atoms with Gasteiger partial charge in [0.25, 0.3) is 0 Å². The molecule has 1 heterocycles. The highest BCUT2D eigenvalue weighted by Gasteiger charge is 2.26. The van der Waals surface area contributed by atoms with Crippen LogP contribution in [0.1, 0.15) is 55.3 Å². The molecular weight excluding hydrogens is 387 g/mol. The van der Waals surface area contributed by atoms with Crippen LogP contribution in [0.25, 0.3) is 0 Å². The van der Waals surface area contributed by atoms with Gasteiger partial charge in [-0.15, -0.1) is 0 Å². The molecule has 1 amide bonds. The quantitative estimate of drug-likeness (QED) is 0.442. The molecule has 3 nitrogen and oxygen atoms in total. The van der Waals surface area contributed by atoms with E-state index in [1.807, 2.05) is 36.5 Å². The molecule has 0 radical (unpaired) electrons. The van der Waals surface area contributed by atoms with Crippen LogP contribution in [0.3, 0.4) is 0 Å². The Morgan fingerprint density at radius 1 is 0.935 bits per heavy atom. The molecule has 0 aliphatic heterocycles. The molecule has 0 atom stereocenters. The van der Waals surface area contributed by atoms with Gasteiger partial charge in [-0.2, -0.15) is 0 Å². The predicted octanol–water partition coefficient (Wildman–Crippen LogP) is 5.97.